The molecule has 0 fully saturated rings. The summed E-state index contributed by atoms with van der Waals surface area (Å²) in [5, 5.41) is 10.8. The number of ketones is 1. The number of carbonyl (C=O) groups is 4. The van der Waals surface area contributed by atoms with Gasteiger partial charge in [-0.2, -0.15) is 0 Å². The number of hydrogen-bond donors (Lipinski definition) is 4. The highest BCUT2D eigenvalue weighted by Crippen LogP contribution is 2.32. The summed E-state index contributed by atoms with van der Waals surface area (Å²) in [5.41, 5.74) is 7.91. The van der Waals surface area contributed by atoms with E-state index in [0.29, 0.717) is 38.0 Å². The van der Waals surface area contributed by atoms with E-state index in [9.17, 15) is 19.2 Å². The molecule has 0 spiro atoms. The first kappa shape index (κ1) is 31.3. The minimum atomic E-state index is -0.636. The lowest BCUT2D eigenvalue weighted by Crippen LogP contribution is -2.27. The molecule has 0 saturated heterocycles. The maximum absolute atomic E-state index is 13.3. The molecule has 3 amide bonds. The second-order valence-electron chi connectivity index (χ2n) is 10.9. The van der Waals surface area contributed by atoms with Crippen molar-refractivity contribution in [3.63, 3.8) is 0 Å². The Hall–Kier alpha value is -5.08. The number of benzene rings is 2. The molecule has 5 aromatic rings. The standard InChI is InChI=1S/C31H31N7O5S2/c1-31(2,3)43-30(42)37-29-35-21(17-44-29)24-11-12-25(45-24)27(41)36-28-34-20-15-19(9-10-22(20)38(28)14-13-26(32)40)33-16-23(39)18-7-5-4-6-8-18/h4-12,15,17,33H,13-14,16H2,1-3H3,(H2,32,40)(H,34,36,41)(H,35,37,42). The lowest BCUT2D eigenvalue weighted by molar-refractivity contribution is -0.118. The molecule has 14 heteroatoms. The number of nitrogens with zero attached hydrogens (tertiary/aromatic N) is 3. The molecule has 0 aliphatic carbocycles. The van der Waals surface area contributed by atoms with Crippen LogP contribution < -0.4 is 21.7 Å². The van der Waals surface area contributed by atoms with Gasteiger partial charge < -0.3 is 20.4 Å². The molecular formula is C31H31N7O5S2. The number of hydrogen-bond acceptors (Lipinski definition) is 10. The topological polar surface area (TPSA) is 170 Å². The second-order valence-corrected chi connectivity index (χ2v) is 12.9. The first-order valence-electron chi connectivity index (χ1n) is 13.9. The third-order valence-electron chi connectivity index (χ3n) is 6.30. The van der Waals surface area contributed by atoms with Gasteiger partial charge in [0.25, 0.3) is 5.91 Å². The number of amides is 3. The van der Waals surface area contributed by atoms with Crippen molar-refractivity contribution >= 4 is 74.2 Å². The van der Waals surface area contributed by atoms with E-state index in [4.69, 9.17) is 10.5 Å². The largest absolute Gasteiger partial charge is 0.444 e. The molecule has 0 unspecified atom stereocenters. The van der Waals surface area contributed by atoms with E-state index in [2.05, 4.69) is 25.9 Å². The first-order valence-corrected chi connectivity index (χ1v) is 15.6. The van der Waals surface area contributed by atoms with Crippen LogP contribution in [0.2, 0.25) is 0 Å². The van der Waals surface area contributed by atoms with E-state index in [0.717, 1.165) is 4.88 Å². The van der Waals surface area contributed by atoms with Crippen molar-refractivity contribution in [2.45, 2.75) is 39.3 Å². The normalized spacial score (nSPS) is 11.3. The fourth-order valence-electron chi connectivity index (χ4n) is 4.29. The number of imidazole rings is 1. The van der Waals surface area contributed by atoms with E-state index in [1.54, 1.807) is 67.1 Å². The van der Waals surface area contributed by atoms with Crippen molar-refractivity contribution in [2.75, 3.05) is 22.5 Å². The molecule has 2 aromatic carbocycles. The molecule has 3 aromatic heterocycles. The molecule has 45 heavy (non-hydrogen) atoms. The highest BCUT2D eigenvalue weighted by atomic mass is 32.1. The number of anilines is 3. The van der Waals surface area contributed by atoms with Crippen LogP contribution >= 0.6 is 22.7 Å². The van der Waals surface area contributed by atoms with Gasteiger partial charge in [0, 0.05) is 29.6 Å². The van der Waals surface area contributed by atoms with Crippen molar-refractivity contribution < 1.29 is 23.9 Å². The quantitative estimate of drug-likeness (QED) is 0.127. The number of rotatable bonds is 11. The molecule has 12 nitrogen and oxygen atoms in total. The molecule has 0 atom stereocenters. The van der Waals surface area contributed by atoms with Gasteiger partial charge in [-0.05, 0) is 51.1 Å². The molecule has 0 aliphatic rings. The summed E-state index contributed by atoms with van der Waals surface area (Å²) in [7, 11) is 0. The minimum absolute atomic E-state index is 0.0482. The van der Waals surface area contributed by atoms with Crippen LogP contribution in [0.15, 0.2) is 66.0 Å². The highest BCUT2D eigenvalue weighted by molar-refractivity contribution is 7.18. The average molecular weight is 646 g/mol. The SMILES string of the molecule is CC(C)(C)OC(=O)Nc1nc(-c2ccc(C(=O)Nc3nc4cc(NCC(=O)c5ccccc5)ccc4n3CCC(N)=O)s2)cs1. The summed E-state index contributed by atoms with van der Waals surface area (Å²) >= 11 is 2.48. The van der Waals surface area contributed by atoms with Crippen molar-refractivity contribution in [2.24, 2.45) is 5.73 Å². The zero-order valence-corrected chi connectivity index (χ0v) is 26.4. The number of thiophene rings is 1. The number of Topliss-reactive ketones (excluding diaryl/α,β-unsaturated/α-hetero) is 1. The second kappa shape index (κ2) is 13.3. The highest BCUT2D eigenvalue weighted by Gasteiger charge is 2.20. The molecule has 0 radical (unpaired) electrons. The zero-order valence-electron chi connectivity index (χ0n) is 24.7. The van der Waals surface area contributed by atoms with Crippen LogP contribution in [0.3, 0.4) is 0 Å². The lowest BCUT2D eigenvalue weighted by Gasteiger charge is -2.18. The Morgan fingerprint density at radius 2 is 1.76 bits per heavy atom. The van der Waals surface area contributed by atoms with Gasteiger partial charge in [0.05, 0.1) is 33.0 Å². The van der Waals surface area contributed by atoms with E-state index in [1.807, 2.05) is 24.3 Å². The van der Waals surface area contributed by atoms with Gasteiger partial charge in [-0.3, -0.25) is 25.0 Å². The molecule has 0 aliphatic heterocycles. The Balaban J connectivity index is 1.30. The van der Waals surface area contributed by atoms with Crippen LogP contribution in [0.4, 0.5) is 21.6 Å². The van der Waals surface area contributed by atoms with E-state index in [-0.39, 0.29) is 31.2 Å². The zero-order chi connectivity index (χ0) is 32.1. The predicted octanol–water partition coefficient (Wildman–Crippen LogP) is 5.99. The van der Waals surface area contributed by atoms with Crippen LogP contribution in [0, 0.1) is 0 Å². The Labute approximate surface area is 266 Å². The average Bonchev–Trinajstić information content (AvgIpc) is 3.73. The summed E-state index contributed by atoms with van der Waals surface area (Å²) in [6.07, 6.45) is -0.551. The third-order valence-corrected chi connectivity index (χ3v) is 8.16. The Kier molecular flexibility index (Phi) is 9.25. The molecule has 5 rings (SSSR count). The number of nitrogens with one attached hydrogen (secondary N) is 3. The molecule has 0 bridgehead atoms. The number of ether oxygens (including phenoxy) is 1. The predicted molar refractivity (Wildman–Crippen MR) is 176 cm³/mol. The summed E-state index contributed by atoms with van der Waals surface area (Å²) in [5.74, 6) is -0.685. The number of nitrogens with two attached hydrogens (primary N) is 1. The van der Waals surface area contributed by atoms with E-state index in [1.165, 1.54) is 22.7 Å². The maximum Gasteiger partial charge on any atom is 0.413 e. The fourth-order valence-corrected chi connectivity index (χ4v) is 5.92. The lowest BCUT2D eigenvalue weighted by atomic mass is 10.1. The first-order chi connectivity index (χ1) is 21.4. The monoisotopic (exact) mass is 645 g/mol. The van der Waals surface area contributed by atoms with Gasteiger partial charge >= 0.3 is 6.09 Å². The van der Waals surface area contributed by atoms with Crippen molar-refractivity contribution in [1.82, 2.24) is 14.5 Å². The molecular weight excluding hydrogens is 615 g/mol. The number of aromatic nitrogens is 3. The summed E-state index contributed by atoms with van der Waals surface area (Å²) in [6, 6.07) is 17.8. The third kappa shape index (κ3) is 8.10. The van der Waals surface area contributed by atoms with Gasteiger partial charge in [-0.25, -0.2) is 14.8 Å². The number of carbonyl (C=O) groups excluding carboxylic acids is 4. The van der Waals surface area contributed by atoms with Gasteiger partial charge in [0.15, 0.2) is 10.9 Å². The molecule has 0 saturated carbocycles. The van der Waals surface area contributed by atoms with Crippen molar-refractivity contribution in [3.8, 4) is 10.6 Å². The Morgan fingerprint density at radius 3 is 2.49 bits per heavy atom. The van der Waals surface area contributed by atoms with Crippen molar-refractivity contribution in [3.05, 3.63) is 76.5 Å². The van der Waals surface area contributed by atoms with Gasteiger partial charge in [-0.15, -0.1) is 22.7 Å². The Bertz CT molecular complexity index is 1870. The number of fused-ring (bicyclic) bond motifs is 1. The minimum Gasteiger partial charge on any atom is -0.444 e. The smallest absolute Gasteiger partial charge is 0.413 e. The number of aryl methyl sites for hydroxylation is 1. The number of thiazole rings is 1. The van der Waals surface area contributed by atoms with Gasteiger partial charge in [-0.1, -0.05) is 30.3 Å². The van der Waals surface area contributed by atoms with Crippen LogP contribution in [-0.4, -0.2) is 50.4 Å². The number of primary amides is 1. The molecule has 3 heterocycles. The molecule has 5 N–H and O–H groups in total. The van der Waals surface area contributed by atoms with E-state index >= 15 is 0 Å². The summed E-state index contributed by atoms with van der Waals surface area (Å²) < 4.78 is 6.99. The maximum atomic E-state index is 13.3. The molecule has 232 valence electrons. The van der Waals surface area contributed by atoms with Crippen LogP contribution in [0.25, 0.3) is 21.6 Å². The van der Waals surface area contributed by atoms with Crippen molar-refractivity contribution in [1.29, 1.82) is 0 Å². The Morgan fingerprint density at radius 1 is 0.978 bits per heavy atom. The summed E-state index contributed by atoms with van der Waals surface area (Å²) in [6.45, 7) is 5.63. The fraction of sp³-hybridized carbons (Fsp3) is 0.226. The van der Waals surface area contributed by atoms with Crippen LogP contribution in [0.1, 0.15) is 47.2 Å². The van der Waals surface area contributed by atoms with Crippen LogP contribution in [0.5, 0.6) is 0 Å². The van der Waals surface area contributed by atoms with Gasteiger partial charge in [0.2, 0.25) is 11.9 Å². The van der Waals surface area contributed by atoms with Gasteiger partial charge in [0.1, 0.15) is 5.60 Å². The van der Waals surface area contributed by atoms with Crippen LogP contribution in [-0.2, 0) is 16.1 Å². The summed E-state index contributed by atoms with van der Waals surface area (Å²) in [4.78, 5) is 59.7. The van der Waals surface area contributed by atoms with E-state index < -0.39 is 23.5 Å².